The Balaban J connectivity index is 1.87. The molecule has 1 saturated heterocycles. The fraction of sp³-hybridized carbons (Fsp3) is 0.640. The van der Waals surface area contributed by atoms with Crippen molar-refractivity contribution in [2.45, 2.75) is 97.0 Å². The fourth-order valence-electron chi connectivity index (χ4n) is 3.64. The number of oxime groups is 1. The lowest BCUT2D eigenvalue weighted by molar-refractivity contribution is -0.148. The van der Waals surface area contributed by atoms with E-state index in [2.05, 4.69) is 5.16 Å². The van der Waals surface area contributed by atoms with Crippen LogP contribution in [0.15, 0.2) is 23.4 Å². The predicted molar refractivity (Wildman–Crippen MR) is 126 cm³/mol. The molecular formula is C25H36ClNO5. The summed E-state index contributed by atoms with van der Waals surface area (Å²) in [5.41, 5.74) is 1.66. The summed E-state index contributed by atoms with van der Waals surface area (Å²) in [6.45, 7) is 3.53. The first-order valence-corrected chi connectivity index (χ1v) is 12.2. The van der Waals surface area contributed by atoms with Crippen LogP contribution in [-0.4, -0.2) is 30.4 Å². The van der Waals surface area contributed by atoms with E-state index in [9.17, 15) is 9.59 Å². The first-order valence-electron chi connectivity index (χ1n) is 11.8. The molecule has 0 saturated carbocycles. The van der Waals surface area contributed by atoms with E-state index in [1.807, 2.05) is 13.8 Å². The van der Waals surface area contributed by atoms with Gasteiger partial charge in [0, 0.05) is 11.4 Å². The van der Waals surface area contributed by atoms with Gasteiger partial charge in [-0.2, -0.15) is 0 Å². The molecule has 0 N–H and O–H groups in total. The average molecular weight is 466 g/mol. The van der Waals surface area contributed by atoms with Crippen LogP contribution in [0.2, 0.25) is 5.02 Å². The Hall–Kier alpha value is -2.08. The van der Waals surface area contributed by atoms with Gasteiger partial charge in [-0.3, -0.25) is 4.79 Å². The maximum atomic E-state index is 12.1. The van der Waals surface area contributed by atoms with Gasteiger partial charge in [-0.1, -0.05) is 55.3 Å². The van der Waals surface area contributed by atoms with Crippen molar-refractivity contribution >= 4 is 29.3 Å². The summed E-state index contributed by atoms with van der Waals surface area (Å²) in [5, 5.41) is 4.73. The van der Waals surface area contributed by atoms with Crippen LogP contribution in [0.1, 0.15) is 89.5 Å². The molecule has 1 aliphatic heterocycles. The largest absolute Gasteiger partial charge is 0.482 e. The summed E-state index contributed by atoms with van der Waals surface area (Å²) in [7, 11) is 0. The third kappa shape index (κ3) is 11.0. The van der Waals surface area contributed by atoms with Gasteiger partial charge >= 0.3 is 11.9 Å². The van der Waals surface area contributed by atoms with Gasteiger partial charge in [0.05, 0.1) is 11.8 Å². The monoisotopic (exact) mass is 465 g/mol. The van der Waals surface area contributed by atoms with Crippen molar-refractivity contribution in [3.63, 3.8) is 0 Å². The van der Waals surface area contributed by atoms with E-state index in [4.69, 9.17) is 25.9 Å². The minimum Gasteiger partial charge on any atom is -0.482 e. The third-order valence-electron chi connectivity index (χ3n) is 5.53. The van der Waals surface area contributed by atoms with Crippen molar-refractivity contribution < 1.29 is 23.9 Å². The molecule has 0 bridgehead atoms. The van der Waals surface area contributed by atoms with E-state index in [0.29, 0.717) is 30.0 Å². The molecule has 0 amide bonds. The van der Waals surface area contributed by atoms with Gasteiger partial charge in [-0.05, 0) is 69.7 Å². The van der Waals surface area contributed by atoms with Crippen LogP contribution in [0.25, 0.3) is 0 Å². The molecule has 178 valence electrons. The minimum atomic E-state index is -0.557. The Kier molecular flexibility index (Phi) is 12.2. The van der Waals surface area contributed by atoms with Crippen molar-refractivity contribution in [3.05, 3.63) is 28.8 Å². The average Bonchev–Trinajstić information content (AvgIpc) is 2.74. The lowest BCUT2D eigenvalue weighted by Crippen LogP contribution is -2.17. The molecule has 0 radical (unpaired) electrons. The highest BCUT2D eigenvalue weighted by atomic mass is 35.5. The lowest BCUT2D eigenvalue weighted by atomic mass is 10.0. The Morgan fingerprint density at radius 2 is 1.72 bits per heavy atom. The molecule has 1 heterocycles. The summed E-state index contributed by atoms with van der Waals surface area (Å²) in [6, 6.07) is 5.21. The maximum absolute atomic E-state index is 12.1. The Morgan fingerprint density at radius 1 is 1.06 bits per heavy atom. The van der Waals surface area contributed by atoms with Gasteiger partial charge < -0.3 is 14.3 Å². The number of hydrogen-bond donors (Lipinski definition) is 0. The first-order chi connectivity index (χ1) is 15.4. The van der Waals surface area contributed by atoms with E-state index in [0.717, 1.165) is 43.4 Å². The van der Waals surface area contributed by atoms with Gasteiger partial charge in [-0.25, -0.2) is 4.79 Å². The van der Waals surface area contributed by atoms with E-state index in [1.165, 1.54) is 25.7 Å². The van der Waals surface area contributed by atoms with Crippen molar-refractivity contribution in [1.29, 1.82) is 0 Å². The van der Waals surface area contributed by atoms with E-state index in [-0.39, 0.29) is 18.7 Å². The standard InChI is InChI=1S/C25H36ClNO5/c1-19-17-21(26)14-16-23(19)30-18-25(29)32-27-22-11-9-7-5-3-4-6-8-10-12-24(28)31-20(2)13-15-22/h14,16-17,20H,3-13,15,18H2,1-2H3/b27-22-. The number of hydrogen-bond acceptors (Lipinski definition) is 6. The SMILES string of the molecule is Cc1cc(Cl)ccc1OCC(=O)O/N=C1/CCCCCCCCCCC(=O)OC(C)CC1. The zero-order valence-corrected chi connectivity index (χ0v) is 20.1. The quantitative estimate of drug-likeness (QED) is 0.286. The summed E-state index contributed by atoms with van der Waals surface area (Å²) in [4.78, 5) is 29.2. The van der Waals surface area contributed by atoms with E-state index in [1.54, 1.807) is 18.2 Å². The van der Waals surface area contributed by atoms with E-state index < -0.39 is 5.97 Å². The molecule has 1 unspecified atom stereocenters. The van der Waals surface area contributed by atoms with Crippen LogP contribution < -0.4 is 4.74 Å². The molecule has 0 spiro atoms. The molecule has 1 aromatic rings. The van der Waals surface area contributed by atoms with Crippen molar-refractivity contribution in [1.82, 2.24) is 0 Å². The number of ether oxygens (including phenoxy) is 2. The molecule has 6 nitrogen and oxygen atoms in total. The van der Waals surface area contributed by atoms with Crippen molar-refractivity contribution in [2.75, 3.05) is 6.61 Å². The first kappa shape index (κ1) is 26.2. The number of esters is 1. The van der Waals surface area contributed by atoms with Crippen LogP contribution >= 0.6 is 11.6 Å². The molecule has 1 aliphatic rings. The smallest absolute Gasteiger partial charge is 0.372 e. The number of carbonyl (C=O) groups is 2. The van der Waals surface area contributed by atoms with Crippen LogP contribution in [0.3, 0.4) is 0 Å². The number of cyclic esters (lactones) is 1. The van der Waals surface area contributed by atoms with Crippen molar-refractivity contribution in [2.24, 2.45) is 5.16 Å². The Bertz CT molecular complexity index is 765. The second-order valence-corrected chi connectivity index (χ2v) is 8.92. The van der Waals surface area contributed by atoms with Gasteiger partial charge in [0.1, 0.15) is 5.75 Å². The summed E-state index contributed by atoms with van der Waals surface area (Å²) < 4.78 is 11.0. The molecule has 1 aromatic carbocycles. The Labute approximate surface area is 196 Å². The number of aryl methyl sites for hydroxylation is 1. The molecule has 1 atom stereocenters. The molecule has 0 aromatic heterocycles. The zero-order chi connectivity index (χ0) is 23.2. The van der Waals surface area contributed by atoms with Crippen LogP contribution in [0.5, 0.6) is 5.75 Å². The van der Waals surface area contributed by atoms with E-state index >= 15 is 0 Å². The Morgan fingerprint density at radius 3 is 2.41 bits per heavy atom. The normalized spacial score (nSPS) is 21.0. The fourth-order valence-corrected chi connectivity index (χ4v) is 3.87. The van der Waals surface area contributed by atoms with Gasteiger partial charge in [0.15, 0.2) is 6.61 Å². The molecule has 32 heavy (non-hydrogen) atoms. The maximum Gasteiger partial charge on any atom is 0.372 e. The number of nitrogens with zero attached hydrogens (tertiary/aromatic N) is 1. The second-order valence-electron chi connectivity index (χ2n) is 8.49. The molecule has 1 fully saturated rings. The number of rotatable bonds is 4. The highest BCUT2D eigenvalue weighted by Crippen LogP contribution is 2.21. The summed E-state index contributed by atoms with van der Waals surface area (Å²) in [5.74, 6) is -0.109. The number of halogens is 1. The second kappa shape index (κ2) is 14.9. The summed E-state index contributed by atoms with van der Waals surface area (Å²) >= 11 is 5.94. The van der Waals surface area contributed by atoms with Gasteiger partial charge in [0.2, 0.25) is 0 Å². The molecule has 2 rings (SSSR count). The van der Waals surface area contributed by atoms with Crippen molar-refractivity contribution in [3.8, 4) is 5.75 Å². The van der Waals surface area contributed by atoms with Crippen LogP contribution in [-0.2, 0) is 19.2 Å². The highest BCUT2D eigenvalue weighted by Gasteiger charge is 2.13. The molecule has 7 heteroatoms. The number of benzene rings is 1. The predicted octanol–water partition coefficient (Wildman–Crippen LogP) is 6.55. The van der Waals surface area contributed by atoms with Crippen LogP contribution in [0.4, 0.5) is 0 Å². The molecule has 0 aliphatic carbocycles. The molecular weight excluding hydrogens is 430 g/mol. The number of carbonyl (C=O) groups excluding carboxylic acids is 2. The third-order valence-corrected chi connectivity index (χ3v) is 5.76. The zero-order valence-electron chi connectivity index (χ0n) is 19.4. The lowest BCUT2D eigenvalue weighted by Gasteiger charge is -2.14. The highest BCUT2D eigenvalue weighted by molar-refractivity contribution is 6.30. The topological polar surface area (TPSA) is 74.2 Å². The van der Waals surface area contributed by atoms with Gasteiger partial charge in [0.25, 0.3) is 0 Å². The van der Waals surface area contributed by atoms with Gasteiger partial charge in [-0.15, -0.1) is 0 Å². The minimum absolute atomic E-state index is 0.135. The van der Waals surface area contributed by atoms with Crippen LogP contribution in [0, 0.1) is 6.92 Å². The summed E-state index contributed by atoms with van der Waals surface area (Å²) in [6.07, 6.45) is 11.3.